The first-order valence-corrected chi connectivity index (χ1v) is 5.55. The highest BCUT2D eigenvalue weighted by Gasteiger charge is 2.18. The van der Waals surface area contributed by atoms with Crippen LogP contribution in [0.4, 0.5) is 21.6 Å². The van der Waals surface area contributed by atoms with Crippen molar-refractivity contribution in [1.82, 2.24) is 9.97 Å². The highest BCUT2D eigenvalue weighted by Crippen LogP contribution is 2.27. The van der Waals surface area contributed by atoms with Gasteiger partial charge >= 0.3 is 5.69 Å². The van der Waals surface area contributed by atoms with Crippen LogP contribution in [0.1, 0.15) is 5.56 Å². The Morgan fingerprint density at radius 3 is 2.89 bits per heavy atom. The zero-order chi connectivity index (χ0) is 14.0. The number of nitrogens with zero attached hydrogens (tertiary/aromatic N) is 3. The molecule has 1 N–H and O–H groups in total. The molecular formula is C11H8ClFN4O2. The lowest BCUT2D eigenvalue weighted by Gasteiger charge is -2.08. The maximum absolute atomic E-state index is 13.6. The minimum absolute atomic E-state index is 0.0814. The Labute approximate surface area is 112 Å². The molecule has 0 atom stereocenters. The van der Waals surface area contributed by atoms with Crippen molar-refractivity contribution >= 4 is 28.8 Å². The van der Waals surface area contributed by atoms with Crippen molar-refractivity contribution in [3.63, 3.8) is 0 Å². The molecule has 0 saturated carbocycles. The average Bonchev–Trinajstić information content (AvgIpc) is 2.33. The zero-order valence-corrected chi connectivity index (χ0v) is 10.5. The Kier molecular flexibility index (Phi) is 3.57. The van der Waals surface area contributed by atoms with Gasteiger partial charge in [0.25, 0.3) is 0 Å². The Morgan fingerprint density at radius 2 is 2.21 bits per heavy atom. The summed E-state index contributed by atoms with van der Waals surface area (Å²) in [6, 6.07) is 4.35. The summed E-state index contributed by atoms with van der Waals surface area (Å²) in [5.41, 5.74) is 0.495. The molecule has 0 aliphatic rings. The molecule has 0 aliphatic carbocycles. The number of rotatable bonds is 3. The molecule has 1 aromatic carbocycles. The molecule has 0 aliphatic heterocycles. The van der Waals surface area contributed by atoms with Crippen LogP contribution >= 0.6 is 11.6 Å². The third-order valence-corrected chi connectivity index (χ3v) is 2.49. The van der Waals surface area contributed by atoms with Crippen LogP contribution in [0.3, 0.4) is 0 Å². The van der Waals surface area contributed by atoms with Crippen LogP contribution in [0.15, 0.2) is 24.4 Å². The van der Waals surface area contributed by atoms with Crippen LogP contribution in [0.2, 0.25) is 5.28 Å². The Hall–Kier alpha value is -2.28. The smallest absolute Gasteiger partial charge is 0.329 e. The minimum Gasteiger partial charge on any atom is -0.332 e. The molecule has 0 fully saturated rings. The normalized spacial score (nSPS) is 10.3. The summed E-state index contributed by atoms with van der Waals surface area (Å²) in [6.45, 7) is 1.77. The van der Waals surface area contributed by atoms with E-state index >= 15 is 0 Å². The fourth-order valence-electron chi connectivity index (χ4n) is 1.44. The first-order chi connectivity index (χ1) is 8.97. The third-order valence-electron chi connectivity index (χ3n) is 2.31. The maximum atomic E-state index is 13.6. The summed E-state index contributed by atoms with van der Waals surface area (Å²) in [5, 5.41) is 13.2. The molecule has 0 bridgehead atoms. The van der Waals surface area contributed by atoms with E-state index in [1.807, 2.05) is 0 Å². The Morgan fingerprint density at radius 1 is 1.47 bits per heavy atom. The largest absolute Gasteiger partial charge is 0.332 e. The number of aromatic nitrogens is 2. The lowest BCUT2D eigenvalue weighted by molar-refractivity contribution is -0.384. The number of halogens is 2. The van der Waals surface area contributed by atoms with Crippen molar-refractivity contribution < 1.29 is 9.31 Å². The number of hydrogen-bond donors (Lipinski definition) is 1. The van der Waals surface area contributed by atoms with E-state index in [2.05, 4.69) is 15.3 Å². The lowest BCUT2D eigenvalue weighted by atomic mass is 10.2. The van der Waals surface area contributed by atoms with E-state index in [0.717, 1.165) is 11.8 Å². The van der Waals surface area contributed by atoms with E-state index in [9.17, 15) is 14.5 Å². The minimum atomic E-state index is -0.674. The fraction of sp³-hybridized carbons (Fsp3) is 0.0909. The van der Waals surface area contributed by atoms with Gasteiger partial charge in [-0.25, -0.2) is 9.37 Å². The van der Waals surface area contributed by atoms with Crippen LogP contribution in [-0.2, 0) is 0 Å². The first-order valence-electron chi connectivity index (χ1n) is 5.17. The van der Waals surface area contributed by atoms with Gasteiger partial charge in [-0.2, -0.15) is 4.98 Å². The van der Waals surface area contributed by atoms with E-state index in [4.69, 9.17) is 11.6 Å². The lowest BCUT2D eigenvalue weighted by Crippen LogP contribution is -2.02. The Balaban J connectivity index is 2.45. The predicted octanol–water partition coefficient (Wildman–Crippen LogP) is 3.23. The van der Waals surface area contributed by atoms with E-state index in [-0.39, 0.29) is 22.5 Å². The van der Waals surface area contributed by atoms with Crippen molar-refractivity contribution in [3.8, 4) is 0 Å². The quantitative estimate of drug-likeness (QED) is 0.531. The molecule has 1 aromatic heterocycles. The number of benzene rings is 1. The monoisotopic (exact) mass is 282 g/mol. The summed E-state index contributed by atoms with van der Waals surface area (Å²) >= 11 is 5.58. The van der Waals surface area contributed by atoms with E-state index < -0.39 is 10.7 Å². The van der Waals surface area contributed by atoms with Crippen LogP contribution in [0.5, 0.6) is 0 Å². The van der Waals surface area contributed by atoms with Gasteiger partial charge in [-0.05, 0) is 36.2 Å². The molecule has 6 nitrogen and oxygen atoms in total. The van der Waals surface area contributed by atoms with Gasteiger partial charge in [0.05, 0.1) is 10.6 Å². The second-order valence-corrected chi connectivity index (χ2v) is 4.08. The number of nitrogens with one attached hydrogen (secondary N) is 1. The number of aryl methyl sites for hydroxylation is 1. The molecule has 98 valence electrons. The SMILES string of the molecule is Cc1ccc(F)c(Nc2nc(Cl)ncc2[N+](=O)[O-])c1. The summed E-state index contributed by atoms with van der Waals surface area (Å²) in [5.74, 6) is -0.705. The standard InChI is InChI=1S/C11H8ClFN4O2/c1-6-2-3-7(13)8(4-6)15-10-9(17(18)19)5-14-11(12)16-10/h2-5H,1H3,(H,14,15,16). The summed E-state index contributed by atoms with van der Waals surface area (Å²) < 4.78 is 13.6. The zero-order valence-electron chi connectivity index (χ0n) is 9.72. The van der Waals surface area contributed by atoms with Crippen LogP contribution in [0, 0.1) is 22.9 Å². The van der Waals surface area contributed by atoms with E-state index in [0.29, 0.717) is 0 Å². The van der Waals surface area contributed by atoms with Crippen LogP contribution < -0.4 is 5.32 Å². The van der Waals surface area contributed by atoms with Gasteiger partial charge < -0.3 is 5.32 Å². The van der Waals surface area contributed by atoms with Crippen molar-refractivity contribution in [2.24, 2.45) is 0 Å². The number of nitro groups is 1. The van der Waals surface area contributed by atoms with Gasteiger partial charge in [0.1, 0.15) is 12.0 Å². The Bertz CT molecular complexity index is 651. The summed E-state index contributed by atoms with van der Waals surface area (Å²) in [7, 11) is 0. The predicted molar refractivity (Wildman–Crippen MR) is 68.1 cm³/mol. The molecule has 0 saturated heterocycles. The summed E-state index contributed by atoms with van der Waals surface area (Å²) in [6.07, 6.45) is 0.964. The molecule has 8 heteroatoms. The highest BCUT2D eigenvalue weighted by molar-refractivity contribution is 6.28. The molecule has 0 unspecified atom stereocenters. The second kappa shape index (κ2) is 5.15. The van der Waals surface area contributed by atoms with E-state index in [1.165, 1.54) is 12.1 Å². The number of hydrogen-bond acceptors (Lipinski definition) is 5. The van der Waals surface area contributed by atoms with Crippen molar-refractivity contribution in [2.45, 2.75) is 6.92 Å². The van der Waals surface area contributed by atoms with Crippen molar-refractivity contribution in [1.29, 1.82) is 0 Å². The van der Waals surface area contributed by atoms with Gasteiger partial charge in [-0.3, -0.25) is 10.1 Å². The molecule has 1 heterocycles. The molecular weight excluding hydrogens is 275 g/mol. The molecule has 0 amide bonds. The topological polar surface area (TPSA) is 81.0 Å². The van der Waals surface area contributed by atoms with E-state index in [1.54, 1.807) is 13.0 Å². The average molecular weight is 283 g/mol. The van der Waals surface area contributed by atoms with Crippen molar-refractivity contribution in [2.75, 3.05) is 5.32 Å². The van der Waals surface area contributed by atoms with Gasteiger partial charge in [0.15, 0.2) is 0 Å². The van der Waals surface area contributed by atoms with Gasteiger partial charge in [-0.15, -0.1) is 0 Å². The molecule has 0 spiro atoms. The highest BCUT2D eigenvalue weighted by atomic mass is 35.5. The molecule has 2 rings (SSSR count). The first kappa shape index (κ1) is 13.2. The van der Waals surface area contributed by atoms with Gasteiger partial charge in [0.2, 0.25) is 11.1 Å². The number of anilines is 2. The molecule has 2 aromatic rings. The fourth-order valence-corrected chi connectivity index (χ4v) is 1.58. The van der Waals surface area contributed by atoms with Crippen molar-refractivity contribution in [3.05, 3.63) is 51.2 Å². The third kappa shape index (κ3) is 2.94. The van der Waals surface area contributed by atoms with Crippen LogP contribution in [-0.4, -0.2) is 14.9 Å². The molecule has 0 radical (unpaired) electrons. The van der Waals surface area contributed by atoms with Gasteiger partial charge in [0, 0.05) is 0 Å². The molecule has 19 heavy (non-hydrogen) atoms. The second-order valence-electron chi connectivity index (χ2n) is 3.74. The summed E-state index contributed by atoms with van der Waals surface area (Å²) in [4.78, 5) is 17.4. The maximum Gasteiger partial charge on any atom is 0.329 e. The van der Waals surface area contributed by atoms with Gasteiger partial charge in [-0.1, -0.05) is 6.07 Å². The van der Waals surface area contributed by atoms with Crippen LogP contribution in [0.25, 0.3) is 0 Å².